The van der Waals surface area contributed by atoms with E-state index in [4.69, 9.17) is 25.8 Å². The number of rotatable bonds is 7. The predicted molar refractivity (Wildman–Crippen MR) is 105 cm³/mol. The van der Waals surface area contributed by atoms with Crippen LogP contribution in [0.5, 0.6) is 11.5 Å². The fourth-order valence-corrected chi connectivity index (χ4v) is 3.30. The summed E-state index contributed by atoms with van der Waals surface area (Å²) in [4.78, 5) is 14.9. The lowest BCUT2D eigenvalue weighted by atomic mass is 9.98. The number of hydrogen-bond acceptors (Lipinski definition) is 4. The van der Waals surface area contributed by atoms with Gasteiger partial charge in [-0.15, -0.1) is 0 Å². The van der Waals surface area contributed by atoms with Gasteiger partial charge in [0.25, 0.3) is 0 Å². The molecule has 1 amide bonds. The predicted octanol–water partition coefficient (Wildman–Crippen LogP) is 4.03. The lowest BCUT2D eigenvalue weighted by Gasteiger charge is -2.27. The Morgan fingerprint density at radius 3 is 2.68 bits per heavy atom. The molecule has 0 aromatic heterocycles. The summed E-state index contributed by atoms with van der Waals surface area (Å²) in [5.41, 5.74) is 1.52. The fourth-order valence-electron chi connectivity index (χ4n) is 3.07. The number of carbonyl (C=O) groups excluding carboxylic acids is 1. The van der Waals surface area contributed by atoms with Crippen LogP contribution in [-0.2, 0) is 16.1 Å². The van der Waals surface area contributed by atoms with E-state index in [0.717, 1.165) is 5.56 Å². The van der Waals surface area contributed by atoms with Gasteiger partial charge in [-0.2, -0.15) is 0 Å². The molecule has 1 aliphatic rings. The van der Waals surface area contributed by atoms with Crippen molar-refractivity contribution in [3.8, 4) is 11.5 Å². The highest BCUT2D eigenvalue weighted by Crippen LogP contribution is 2.33. The Morgan fingerprint density at radius 1 is 1.21 bits per heavy atom. The molecule has 5 nitrogen and oxygen atoms in total. The topological polar surface area (TPSA) is 48.0 Å². The van der Waals surface area contributed by atoms with E-state index in [1.165, 1.54) is 12.1 Å². The summed E-state index contributed by atoms with van der Waals surface area (Å²) in [7, 11) is 1.58. The number of carbonyl (C=O) groups is 1. The summed E-state index contributed by atoms with van der Waals surface area (Å²) < 4.78 is 29.6. The summed E-state index contributed by atoms with van der Waals surface area (Å²) >= 11 is 6.15. The van der Waals surface area contributed by atoms with Crippen LogP contribution >= 0.6 is 11.6 Å². The van der Waals surface area contributed by atoms with Crippen LogP contribution in [-0.4, -0.2) is 44.3 Å². The molecule has 150 valence electrons. The van der Waals surface area contributed by atoms with Gasteiger partial charge in [0.2, 0.25) is 5.91 Å². The van der Waals surface area contributed by atoms with Gasteiger partial charge < -0.3 is 19.1 Å². The molecule has 0 aliphatic carbocycles. The smallest absolute Gasteiger partial charge is 0.230 e. The first-order valence-electron chi connectivity index (χ1n) is 9.10. The first kappa shape index (κ1) is 20.4. The van der Waals surface area contributed by atoms with Crippen LogP contribution in [0.4, 0.5) is 4.39 Å². The second-order valence-electron chi connectivity index (χ2n) is 6.61. The third kappa shape index (κ3) is 4.75. The standard InChI is InChI=1S/C21H23ClFNO4/c1-14(15-4-6-19-20(11-15)28-10-9-27-19)21(25)24(7-8-26-2)13-16-3-5-17(23)12-18(16)22/h3-6,11-12,14H,7-10,13H2,1-2H3. The molecule has 1 atom stereocenters. The Labute approximate surface area is 168 Å². The molecule has 0 saturated carbocycles. The number of amides is 1. The number of methoxy groups -OCH3 is 1. The lowest BCUT2D eigenvalue weighted by Crippen LogP contribution is -2.36. The number of ether oxygens (including phenoxy) is 3. The molecule has 0 bridgehead atoms. The fraction of sp³-hybridized carbons (Fsp3) is 0.381. The molecule has 0 spiro atoms. The molecule has 1 aliphatic heterocycles. The number of benzene rings is 2. The maximum absolute atomic E-state index is 13.3. The van der Waals surface area contributed by atoms with Gasteiger partial charge in [0.1, 0.15) is 19.0 Å². The Balaban J connectivity index is 1.79. The summed E-state index contributed by atoms with van der Waals surface area (Å²) in [6.07, 6.45) is 0. The minimum Gasteiger partial charge on any atom is -0.486 e. The highest BCUT2D eigenvalue weighted by molar-refractivity contribution is 6.31. The molecular formula is C21H23ClFNO4. The number of hydrogen-bond donors (Lipinski definition) is 0. The minimum atomic E-state index is -0.409. The van der Waals surface area contributed by atoms with Crippen LogP contribution in [0.3, 0.4) is 0 Å². The van der Waals surface area contributed by atoms with Crippen LogP contribution in [0, 0.1) is 5.82 Å². The maximum atomic E-state index is 13.3. The van der Waals surface area contributed by atoms with E-state index in [1.807, 2.05) is 25.1 Å². The zero-order valence-electron chi connectivity index (χ0n) is 15.9. The van der Waals surface area contributed by atoms with Crippen LogP contribution in [0.2, 0.25) is 5.02 Å². The van der Waals surface area contributed by atoms with Crippen molar-refractivity contribution in [1.29, 1.82) is 0 Å². The van der Waals surface area contributed by atoms with Crippen LogP contribution in [0.1, 0.15) is 24.0 Å². The molecule has 0 saturated heterocycles. The average Bonchev–Trinajstić information content (AvgIpc) is 2.71. The van der Waals surface area contributed by atoms with Gasteiger partial charge >= 0.3 is 0 Å². The van der Waals surface area contributed by atoms with Crippen LogP contribution in [0.25, 0.3) is 0 Å². The average molecular weight is 408 g/mol. The van der Waals surface area contributed by atoms with Crippen molar-refractivity contribution < 1.29 is 23.4 Å². The Morgan fingerprint density at radius 2 is 1.96 bits per heavy atom. The molecule has 2 aromatic carbocycles. The van der Waals surface area contributed by atoms with E-state index in [9.17, 15) is 9.18 Å². The van der Waals surface area contributed by atoms with Gasteiger partial charge in [0.05, 0.1) is 12.5 Å². The largest absolute Gasteiger partial charge is 0.486 e. The minimum absolute atomic E-state index is 0.0749. The molecule has 3 rings (SSSR count). The SMILES string of the molecule is COCCN(Cc1ccc(F)cc1Cl)C(=O)C(C)c1ccc2c(c1)OCCO2. The van der Waals surface area contributed by atoms with E-state index < -0.39 is 11.7 Å². The summed E-state index contributed by atoms with van der Waals surface area (Å²) in [6.45, 7) is 3.91. The second kappa shape index (κ2) is 9.26. The molecular weight excluding hydrogens is 385 g/mol. The van der Waals surface area contributed by atoms with E-state index in [1.54, 1.807) is 18.1 Å². The van der Waals surface area contributed by atoms with Crippen LogP contribution < -0.4 is 9.47 Å². The highest BCUT2D eigenvalue weighted by Gasteiger charge is 2.24. The van der Waals surface area contributed by atoms with Gasteiger partial charge in [-0.25, -0.2) is 4.39 Å². The molecule has 0 N–H and O–H groups in total. The third-order valence-electron chi connectivity index (χ3n) is 4.69. The monoisotopic (exact) mass is 407 g/mol. The van der Waals surface area contributed by atoms with E-state index >= 15 is 0 Å². The summed E-state index contributed by atoms with van der Waals surface area (Å²) in [5, 5.41) is 0.294. The zero-order chi connectivity index (χ0) is 20.1. The molecule has 0 radical (unpaired) electrons. The second-order valence-corrected chi connectivity index (χ2v) is 7.02. The third-order valence-corrected chi connectivity index (χ3v) is 5.04. The lowest BCUT2D eigenvalue weighted by molar-refractivity contribution is -0.133. The molecule has 7 heteroatoms. The Bertz CT molecular complexity index is 845. The van der Waals surface area contributed by atoms with Gasteiger partial charge in [0.15, 0.2) is 11.5 Å². The van der Waals surface area contributed by atoms with E-state index in [-0.39, 0.29) is 12.5 Å². The quantitative estimate of drug-likeness (QED) is 0.695. The van der Waals surface area contributed by atoms with Crippen molar-refractivity contribution in [3.05, 3.63) is 58.4 Å². The van der Waals surface area contributed by atoms with Crippen molar-refractivity contribution in [3.63, 3.8) is 0 Å². The van der Waals surface area contributed by atoms with Crippen molar-refractivity contribution in [1.82, 2.24) is 4.90 Å². The van der Waals surface area contributed by atoms with Crippen molar-refractivity contribution in [2.45, 2.75) is 19.4 Å². The molecule has 2 aromatic rings. The van der Waals surface area contributed by atoms with Gasteiger partial charge in [-0.05, 0) is 42.3 Å². The van der Waals surface area contributed by atoms with Gasteiger partial charge in [0, 0.05) is 25.2 Å². The summed E-state index contributed by atoms with van der Waals surface area (Å²) in [5.74, 6) is 0.451. The summed E-state index contributed by atoms with van der Waals surface area (Å²) in [6, 6.07) is 9.72. The van der Waals surface area contributed by atoms with E-state index in [0.29, 0.717) is 48.5 Å². The zero-order valence-corrected chi connectivity index (χ0v) is 16.7. The first-order chi connectivity index (χ1) is 13.5. The number of halogens is 2. The normalized spacial score (nSPS) is 13.9. The van der Waals surface area contributed by atoms with Crippen molar-refractivity contribution >= 4 is 17.5 Å². The van der Waals surface area contributed by atoms with Crippen LogP contribution in [0.15, 0.2) is 36.4 Å². The Hall–Kier alpha value is -2.31. The number of nitrogens with zero attached hydrogens (tertiary/aromatic N) is 1. The molecule has 28 heavy (non-hydrogen) atoms. The van der Waals surface area contributed by atoms with Crippen molar-refractivity contribution in [2.24, 2.45) is 0 Å². The first-order valence-corrected chi connectivity index (χ1v) is 9.48. The Kier molecular flexibility index (Phi) is 6.75. The van der Waals surface area contributed by atoms with E-state index in [2.05, 4.69) is 0 Å². The molecule has 0 fully saturated rings. The van der Waals surface area contributed by atoms with Gasteiger partial charge in [-0.3, -0.25) is 4.79 Å². The van der Waals surface area contributed by atoms with Gasteiger partial charge in [-0.1, -0.05) is 23.7 Å². The van der Waals surface area contributed by atoms with Crippen molar-refractivity contribution in [2.75, 3.05) is 33.5 Å². The highest BCUT2D eigenvalue weighted by atomic mass is 35.5. The maximum Gasteiger partial charge on any atom is 0.230 e. The molecule has 1 heterocycles. The molecule has 1 unspecified atom stereocenters. The number of fused-ring (bicyclic) bond motifs is 1.